The van der Waals surface area contributed by atoms with Crippen molar-refractivity contribution in [1.29, 1.82) is 0 Å². The molecule has 0 aromatic carbocycles. The number of hydrogen-bond acceptors (Lipinski definition) is 3. The SMILES string of the molecule is C[C@H](NC(=O)CCC1CCCCN1)c1ccccn1. The highest BCUT2D eigenvalue weighted by atomic mass is 16.1. The van der Waals surface area contributed by atoms with E-state index >= 15 is 0 Å². The molecule has 2 rings (SSSR count). The van der Waals surface area contributed by atoms with Crippen LogP contribution in [-0.4, -0.2) is 23.5 Å². The second-order valence-corrected chi connectivity index (χ2v) is 5.23. The van der Waals surface area contributed by atoms with E-state index in [1.165, 1.54) is 19.3 Å². The van der Waals surface area contributed by atoms with Gasteiger partial charge in [0.05, 0.1) is 11.7 Å². The average Bonchev–Trinajstić information content (AvgIpc) is 2.47. The molecule has 2 atom stereocenters. The van der Waals surface area contributed by atoms with Gasteiger partial charge >= 0.3 is 0 Å². The van der Waals surface area contributed by atoms with Crippen molar-refractivity contribution in [1.82, 2.24) is 15.6 Å². The van der Waals surface area contributed by atoms with E-state index in [-0.39, 0.29) is 11.9 Å². The van der Waals surface area contributed by atoms with E-state index in [0.29, 0.717) is 12.5 Å². The minimum atomic E-state index is -0.0204. The fraction of sp³-hybridized carbons (Fsp3) is 0.600. The maximum Gasteiger partial charge on any atom is 0.220 e. The summed E-state index contributed by atoms with van der Waals surface area (Å²) in [5.74, 6) is 0.116. The molecule has 1 aromatic heterocycles. The van der Waals surface area contributed by atoms with E-state index in [1.54, 1.807) is 6.20 Å². The predicted octanol–water partition coefficient (Wildman–Crippen LogP) is 2.18. The highest BCUT2D eigenvalue weighted by Gasteiger charge is 2.15. The van der Waals surface area contributed by atoms with Gasteiger partial charge in [0.15, 0.2) is 0 Å². The quantitative estimate of drug-likeness (QED) is 0.854. The maximum absolute atomic E-state index is 11.9. The van der Waals surface area contributed by atoms with Crippen molar-refractivity contribution in [3.05, 3.63) is 30.1 Å². The maximum atomic E-state index is 11.9. The number of rotatable bonds is 5. The van der Waals surface area contributed by atoms with Gasteiger partial charge in [-0.3, -0.25) is 9.78 Å². The summed E-state index contributed by atoms with van der Waals surface area (Å²) in [6.07, 6.45) is 7.02. The first-order chi connectivity index (χ1) is 9.25. The second kappa shape index (κ2) is 7.24. The number of carbonyl (C=O) groups excluding carboxylic acids is 1. The molecule has 2 N–H and O–H groups in total. The molecule has 1 fully saturated rings. The zero-order valence-corrected chi connectivity index (χ0v) is 11.6. The van der Waals surface area contributed by atoms with Crippen LogP contribution in [0, 0.1) is 0 Å². The van der Waals surface area contributed by atoms with Gasteiger partial charge in [-0.2, -0.15) is 0 Å². The van der Waals surface area contributed by atoms with Gasteiger partial charge in [-0.25, -0.2) is 0 Å². The zero-order valence-electron chi connectivity index (χ0n) is 11.6. The lowest BCUT2D eigenvalue weighted by molar-refractivity contribution is -0.122. The summed E-state index contributed by atoms with van der Waals surface area (Å²) in [4.78, 5) is 16.2. The van der Waals surface area contributed by atoms with Crippen molar-refractivity contribution >= 4 is 5.91 Å². The van der Waals surface area contributed by atoms with Crippen molar-refractivity contribution < 1.29 is 4.79 Å². The lowest BCUT2D eigenvalue weighted by Gasteiger charge is -2.23. The zero-order chi connectivity index (χ0) is 13.5. The van der Waals surface area contributed by atoms with Crippen LogP contribution in [-0.2, 0) is 4.79 Å². The Morgan fingerprint density at radius 3 is 3.11 bits per heavy atom. The topological polar surface area (TPSA) is 54.0 Å². The number of pyridine rings is 1. The van der Waals surface area contributed by atoms with Crippen LogP contribution in [0.5, 0.6) is 0 Å². The highest BCUT2D eigenvalue weighted by molar-refractivity contribution is 5.76. The van der Waals surface area contributed by atoms with Gasteiger partial charge in [-0.15, -0.1) is 0 Å². The van der Waals surface area contributed by atoms with Gasteiger partial charge in [0.2, 0.25) is 5.91 Å². The van der Waals surface area contributed by atoms with E-state index in [1.807, 2.05) is 25.1 Å². The van der Waals surface area contributed by atoms with Crippen molar-refractivity contribution in [2.75, 3.05) is 6.54 Å². The van der Waals surface area contributed by atoms with Crippen molar-refractivity contribution in [3.63, 3.8) is 0 Å². The molecule has 1 aromatic rings. The summed E-state index contributed by atoms with van der Waals surface area (Å²) >= 11 is 0. The molecule has 1 aliphatic rings. The van der Waals surface area contributed by atoms with E-state index in [4.69, 9.17) is 0 Å². The lowest BCUT2D eigenvalue weighted by Crippen LogP contribution is -2.35. The Kier molecular flexibility index (Phi) is 5.33. The Morgan fingerprint density at radius 1 is 1.53 bits per heavy atom. The van der Waals surface area contributed by atoms with Gasteiger partial charge in [-0.1, -0.05) is 12.5 Å². The molecule has 19 heavy (non-hydrogen) atoms. The molecule has 0 saturated carbocycles. The minimum absolute atomic E-state index is 0.0204. The third-order valence-electron chi connectivity index (χ3n) is 3.64. The predicted molar refractivity (Wildman–Crippen MR) is 75.7 cm³/mol. The molecule has 0 spiro atoms. The Morgan fingerprint density at radius 2 is 2.42 bits per heavy atom. The first-order valence-corrected chi connectivity index (χ1v) is 7.19. The number of nitrogens with zero attached hydrogens (tertiary/aromatic N) is 1. The normalized spacial score (nSPS) is 20.8. The van der Waals surface area contributed by atoms with Gasteiger partial charge in [0.1, 0.15) is 0 Å². The first kappa shape index (κ1) is 14.0. The van der Waals surface area contributed by atoms with Crippen LogP contribution in [0.2, 0.25) is 0 Å². The molecule has 0 radical (unpaired) electrons. The average molecular weight is 261 g/mol. The van der Waals surface area contributed by atoms with Gasteiger partial charge < -0.3 is 10.6 Å². The molecule has 4 heteroatoms. The number of nitrogens with one attached hydrogen (secondary N) is 2. The third kappa shape index (κ3) is 4.63. The molecule has 104 valence electrons. The Balaban J connectivity index is 1.71. The summed E-state index contributed by atoms with van der Waals surface area (Å²) in [6.45, 7) is 3.07. The van der Waals surface area contributed by atoms with Crippen LogP contribution in [0.1, 0.15) is 50.8 Å². The Labute approximate surface area is 115 Å². The number of aromatic nitrogens is 1. The molecular weight excluding hydrogens is 238 g/mol. The van der Waals surface area contributed by atoms with Gasteiger partial charge in [-0.05, 0) is 44.9 Å². The number of piperidine rings is 1. The molecular formula is C15H23N3O. The smallest absolute Gasteiger partial charge is 0.220 e. The number of amides is 1. The monoisotopic (exact) mass is 261 g/mol. The Hall–Kier alpha value is -1.42. The molecule has 0 bridgehead atoms. The fourth-order valence-corrected chi connectivity index (χ4v) is 2.50. The van der Waals surface area contributed by atoms with Crippen LogP contribution < -0.4 is 10.6 Å². The summed E-state index contributed by atoms with van der Waals surface area (Å²) in [5.41, 5.74) is 0.909. The molecule has 0 aliphatic carbocycles. The Bertz CT molecular complexity index is 388. The molecule has 4 nitrogen and oxygen atoms in total. The number of carbonyl (C=O) groups is 1. The van der Waals surface area contributed by atoms with Gasteiger partial charge in [0.25, 0.3) is 0 Å². The van der Waals surface area contributed by atoms with Crippen molar-refractivity contribution in [3.8, 4) is 0 Å². The summed E-state index contributed by atoms with van der Waals surface area (Å²) < 4.78 is 0. The molecule has 1 amide bonds. The summed E-state index contributed by atoms with van der Waals surface area (Å²) in [6, 6.07) is 6.26. The summed E-state index contributed by atoms with van der Waals surface area (Å²) in [5, 5.41) is 6.47. The molecule has 1 saturated heterocycles. The molecule has 1 aliphatic heterocycles. The van der Waals surface area contributed by atoms with Crippen LogP contribution >= 0.6 is 0 Å². The third-order valence-corrected chi connectivity index (χ3v) is 3.64. The van der Waals surface area contributed by atoms with E-state index in [0.717, 1.165) is 18.7 Å². The largest absolute Gasteiger partial charge is 0.348 e. The second-order valence-electron chi connectivity index (χ2n) is 5.23. The van der Waals surface area contributed by atoms with E-state index in [9.17, 15) is 4.79 Å². The molecule has 1 unspecified atom stereocenters. The van der Waals surface area contributed by atoms with Crippen LogP contribution in [0.4, 0.5) is 0 Å². The fourth-order valence-electron chi connectivity index (χ4n) is 2.50. The standard InChI is InChI=1S/C15H23N3O/c1-12(14-7-3-5-11-17-14)18-15(19)9-8-13-6-2-4-10-16-13/h3,5,7,11-13,16H,2,4,6,8-10H2,1H3,(H,18,19)/t12-,13?/m0/s1. The van der Waals surface area contributed by atoms with Crippen molar-refractivity contribution in [2.45, 2.75) is 51.1 Å². The van der Waals surface area contributed by atoms with Crippen molar-refractivity contribution in [2.24, 2.45) is 0 Å². The molecule has 2 heterocycles. The lowest BCUT2D eigenvalue weighted by atomic mass is 10.0. The highest BCUT2D eigenvalue weighted by Crippen LogP contribution is 2.13. The minimum Gasteiger partial charge on any atom is -0.348 e. The first-order valence-electron chi connectivity index (χ1n) is 7.19. The van der Waals surface area contributed by atoms with Crippen LogP contribution in [0.3, 0.4) is 0 Å². The van der Waals surface area contributed by atoms with Crippen LogP contribution in [0.25, 0.3) is 0 Å². The van der Waals surface area contributed by atoms with Crippen LogP contribution in [0.15, 0.2) is 24.4 Å². The van der Waals surface area contributed by atoms with E-state index in [2.05, 4.69) is 15.6 Å². The van der Waals surface area contributed by atoms with E-state index < -0.39 is 0 Å². The van der Waals surface area contributed by atoms with Gasteiger partial charge in [0, 0.05) is 18.7 Å². The summed E-state index contributed by atoms with van der Waals surface area (Å²) in [7, 11) is 0. The number of hydrogen-bond donors (Lipinski definition) is 2.